The van der Waals surface area contributed by atoms with Crippen LogP contribution in [0.4, 0.5) is 10.5 Å². The number of anilines is 1. The summed E-state index contributed by atoms with van der Waals surface area (Å²) in [6.07, 6.45) is 0. The standard InChI is InChI=1S/C15H20N2O3/c1-5-20-14(18)12-6-8-13(9-7-12)16-15(19)17(4)10-11(2)3/h6-9H,2,5,10H2,1,3-4H3,(H,16,19). The molecule has 0 bridgehead atoms. The fourth-order valence-electron chi connectivity index (χ4n) is 1.60. The zero-order valence-electron chi connectivity index (χ0n) is 12.1. The Balaban J connectivity index is 2.63. The molecule has 0 fully saturated rings. The molecule has 108 valence electrons. The number of nitrogens with one attached hydrogen (secondary N) is 1. The van der Waals surface area contributed by atoms with E-state index in [9.17, 15) is 9.59 Å². The Hall–Kier alpha value is -2.30. The third-order valence-electron chi connectivity index (χ3n) is 2.50. The first-order valence-corrected chi connectivity index (χ1v) is 6.37. The smallest absolute Gasteiger partial charge is 0.338 e. The van der Waals surface area contributed by atoms with E-state index in [4.69, 9.17) is 4.74 Å². The van der Waals surface area contributed by atoms with Crippen LogP contribution in [0.15, 0.2) is 36.4 Å². The predicted molar refractivity (Wildman–Crippen MR) is 78.9 cm³/mol. The van der Waals surface area contributed by atoms with E-state index in [1.54, 1.807) is 38.2 Å². The molecule has 0 heterocycles. The van der Waals surface area contributed by atoms with Gasteiger partial charge in [0.25, 0.3) is 0 Å². The van der Waals surface area contributed by atoms with E-state index in [2.05, 4.69) is 11.9 Å². The number of rotatable bonds is 5. The summed E-state index contributed by atoms with van der Waals surface area (Å²) in [6, 6.07) is 6.34. The van der Waals surface area contributed by atoms with Gasteiger partial charge in [-0.25, -0.2) is 9.59 Å². The van der Waals surface area contributed by atoms with Crippen molar-refractivity contribution >= 4 is 17.7 Å². The Morgan fingerprint density at radius 2 is 1.90 bits per heavy atom. The second kappa shape index (κ2) is 7.33. The Morgan fingerprint density at radius 1 is 1.30 bits per heavy atom. The van der Waals surface area contributed by atoms with Crippen LogP contribution in [0.3, 0.4) is 0 Å². The zero-order chi connectivity index (χ0) is 15.1. The molecule has 5 heteroatoms. The fourth-order valence-corrected chi connectivity index (χ4v) is 1.60. The van der Waals surface area contributed by atoms with E-state index in [1.807, 2.05) is 6.92 Å². The van der Waals surface area contributed by atoms with Crippen LogP contribution in [0.1, 0.15) is 24.2 Å². The predicted octanol–water partition coefficient (Wildman–Crippen LogP) is 2.90. The molecular weight excluding hydrogens is 256 g/mol. The Bertz CT molecular complexity index is 494. The molecule has 1 aromatic carbocycles. The third-order valence-corrected chi connectivity index (χ3v) is 2.50. The average Bonchev–Trinajstić information content (AvgIpc) is 2.39. The van der Waals surface area contributed by atoms with Gasteiger partial charge in [0.15, 0.2) is 0 Å². The van der Waals surface area contributed by atoms with Crippen molar-refractivity contribution in [3.8, 4) is 0 Å². The zero-order valence-corrected chi connectivity index (χ0v) is 12.1. The topological polar surface area (TPSA) is 58.6 Å². The van der Waals surface area contributed by atoms with Crippen LogP contribution >= 0.6 is 0 Å². The molecule has 0 aliphatic rings. The number of hydrogen-bond acceptors (Lipinski definition) is 3. The van der Waals surface area contributed by atoms with Gasteiger partial charge in [-0.2, -0.15) is 0 Å². The van der Waals surface area contributed by atoms with Gasteiger partial charge >= 0.3 is 12.0 Å². The summed E-state index contributed by atoms with van der Waals surface area (Å²) in [5.41, 5.74) is 1.98. The highest BCUT2D eigenvalue weighted by molar-refractivity contribution is 5.92. The van der Waals surface area contributed by atoms with Crippen molar-refractivity contribution in [1.29, 1.82) is 0 Å². The van der Waals surface area contributed by atoms with Gasteiger partial charge in [0.05, 0.1) is 12.2 Å². The molecule has 0 radical (unpaired) electrons. The highest BCUT2D eigenvalue weighted by Gasteiger charge is 2.10. The quantitative estimate of drug-likeness (QED) is 0.664. The van der Waals surface area contributed by atoms with Crippen molar-refractivity contribution in [3.05, 3.63) is 42.0 Å². The average molecular weight is 276 g/mol. The van der Waals surface area contributed by atoms with Gasteiger partial charge in [-0.15, -0.1) is 0 Å². The van der Waals surface area contributed by atoms with Crippen molar-refractivity contribution < 1.29 is 14.3 Å². The minimum atomic E-state index is -0.371. The Morgan fingerprint density at radius 3 is 2.40 bits per heavy atom. The van der Waals surface area contributed by atoms with Crippen LogP contribution in [0.25, 0.3) is 0 Å². The van der Waals surface area contributed by atoms with Crippen molar-refractivity contribution in [2.24, 2.45) is 0 Å². The van der Waals surface area contributed by atoms with Crippen LogP contribution in [0.5, 0.6) is 0 Å². The van der Waals surface area contributed by atoms with Gasteiger partial charge in [0, 0.05) is 19.3 Å². The second-order valence-electron chi connectivity index (χ2n) is 4.54. The summed E-state index contributed by atoms with van der Waals surface area (Å²) >= 11 is 0. The number of urea groups is 1. The lowest BCUT2D eigenvalue weighted by Crippen LogP contribution is -2.32. The van der Waals surface area contributed by atoms with Crippen LogP contribution in [0, 0.1) is 0 Å². The van der Waals surface area contributed by atoms with Crippen molar-refractivity contribution in [3.63, 3.8) is 0 Å². The minimum Gasteiger partial charge on any atom is -0.462 e. The van der Waals surface area contributed by atoms with Crippen molar-refractivity contribution in [1.82, 2.24) is 4.90 Å². The number of likely N-dealkylation sites (N-methyl/N-ethyl adjacent to an activating group) is 1. The summed E-state index contributed by atoms with van der Waals surface area (Å²) in [5, 5.41) is 2.74. The normalized spacial score (nSPS) is 9.75. The molecule has 0 saturated carbocycles. The van der Waals surface area contributed by atoms with Crippen molar-refractivity contribution in [2.75, 3.05) is 25.5 Å². The number of nitrogens with zero attached hydrogens (tertiary/aromatic N) is 1. The number of benzene rings is 1. The largest absolute Gasteiger partial charge is 0.462 e. The van der Waals surface area contributed by atoms with Crippen molar-refractivity contribution in [2.45, 2.75) is 13.8 Å². The maximum Gasteiger partial charge on any atom is 0.338 e. The number of hydrogen-bond donors (Lipinski definition) is 1. The molecule has 1 N–H and O–H groups in total. The maximum absolute atomic E-state index is 11.9. The molecule has 5 nitrogen and oxygen atoms in total. The Labute approximate surface area is 119 Å². The third kappa shape index (κ3) is 4.76. The molecule has 0 aliphatic heterocycles. The maximum atomic E-state index is 11.9. The molecule has 0 saturated heterocycles. The molecule has 1 aromatic rings. The fraction of sp³-hybridized carbons (Fsp3) is 0.333. The van der Waals surface area contributed by atoms with Crippen LogP contribution in [0.2, 0.25) is 0 Å². The molecule has 0 aromatic heterocycles. The molecule has 0 unspecified atom stereocenters. The van der Waals surface area contributed by atoms with Gasteiger partial charge in [-0.3, -0.25) is 0 Å². The summed E-state index contributed by atoms with van der Waals surface area (Å²) in [7, 11) is 1.69. The van der Waals surface area contributed by atoms with E-state index in [1.165, 1.54) is 4.90 Å². The van der Waals surface area contributed by atoms with Crippen LogP contribution in [-0.4, -0.2) is 37.1 Å². The molecule has 2 amide bonds. The summed E-state index contributed by atoms with van der Waals surface area (Å²) in [5.74, 6) is -0.371. The SMILES string of the molecule is C=C(C)CN(C)C(=O)Nc1ccc(C(=O)OCC)cc1. The van der Waals surface area contributed by atoms with Crippen LogP contribution in [-0.2, 0) is 4.74 Å². The van der Waals surface area contributed by atoms with E-state index in [-0.39, 0.29) is 12.0 Å². The van der Waals surface area contributed by atoms with Gasteiger partial charge in [0.2, 0.25) is 0 Å². The van der Waals surface area contributed by atoms with E-state index in [0.29, 0.717) is 24.4 Å². The van der Waals surface area contributed by atoms with Gasteiger partial charge in [-0.05, 0) is 38.1 Å². The second-order valence-corrected chi connectivity index (χ2v) is 4.54. The van der Waals surface area contributed by atoms with E-state index in [0.717, 1.165) is 5.57 Å². The number of amides is 2. The molecule has 0 atom stereocenters. The van der Waals surface area contributed by atoms with E-state index >= 15 is 0 Å². The minimum absolute atomic E-state index is 0.225. The number of ether oxygens (including phenoxy) is 1. The lowest BCUT2D eigenvalue weighted by Gasteiger charge is -2.17. The molecule has 1 rings (SSSR count). The Kier molecular flexibility index (Phi) is 5.77. The lowest BCUT2D eigenvalue weighted by atomic mass is 10.2. The number of carbonyl (C=O) groups is 2. The lowest BCUT2D eigenvalue weighted by molar-refractivity contribution is 0.0526. The molecule has 0 spiro atoms. The van der Waals surface area contributed by atoms with Crippen LogP contribution < -0.4 is 5.32 Å². The number of carbonyl (C=O) groups excluding carboxylic acids is 2. The first-order chi connectivity index (χ1) is 9.43. The highest BCUT2D eigenvalue weighted by atomic mass is 16.5. The summed E-state index contributed by atoms with van der Waals surface area (Å²) in [6.45, 7) is 8.20. The first kappa shape index (κ1) is 15.8. The highest BCUT2D eigenvalue weighted by Crippen LogP contribution is 2.11. The first-order valence-electron chi connectivity index (χ1n) is 6.37. The number of esters is 1. The monoisotopic (exact) mass is 276 g/mol. The molecule has 0 aliphatic carbocycles. The summed E-state index contributed by atoms with van der Waals surface area (Å²) in [4.78, 5) is 24.9. The van der Waals surface area contributed by atoms with E-state index < -0.39 is 0 Å². The van der Waals surface area contributed by atoms with Gasteiger partial charge in [0.1, 0.15) is 0 Å². The molecule has 20 heavy (non-hydrogen) atoms. The van der Waals surface area contributed by atoms with Gasteiger partial charge < -0.3 is 15.0 Å². The van der Waals surface area contributed by atoms with Gasteiger partial charge in [-0.1, -0.05) is 12.2 Å². The summed E-state index contributed by atoms with van der Waals surface area (Å²) < 4.78 is 4.89. The molecular formula is C15H20N2O3.